The topological polar surface area (TPSA) is 20.2 Å². The highest BCUT2D eigenvalue weighted by molar-refractivity contribution is 9.10. The molecule has 0 aliphatic rings. The van der Waals surface area contributed by atoms with Crippen molar-refractivity contribution in [3.05, 3.63) is 33.3 Å². The number of benzene rings is 1. The lowest BCUT2D eigenvalue weighted by molar-refractivity contribution is 0.166. The maximum absolute atomic E-state index is 9.66. The Morgan fingerprint density at radius 3 is 2.77 bits per heavy atom. The van der Waals surface area contributed by atoms with E-state index < -0.39 is 6.10 Å². The van der Waals surface area contributed by atoms with Crippen molar-refractivity contribution in [2.45, 2.75) is 25.9 Å². The molecule has 1 aromatic carbocycles. The zero-order chi connectivity index (χ0) is 9.84. The molecule has 0 saturated heterocycles. The maximum atomic E-state index is 9.66. The van der Waals surface area contributed by atoms with E-state index in [-0.39, 0.29) is 0 Å². The van der Waals surface area contributed by atoms with Crippen LogP contribution in [-0.2, 0) is 0 Å². The van der Waals surface area contributed by atoms with Crippen molar-refractivity contribution in [1.29, 1.82) is 0 Å². The van der Waals surface area contributed by atoms with Gasteiger partial charge in [-0.05, 0) is 40.0 Å². The molecule has 1 nitrogen and oxygen atoms in total. The summed E-state index contributed by atoms with van der Waals surface area (Å²) >= 11 is 9.20. The van der Waals surface area contributed by atoms with Crippen molar-refractivity contribution >= 4 is 27.5 Å². The van der Waals surface area contributed by atoms with Crippen LogP contribution in [0.4, 0.5) is 0 Å². The minimum absolute atomic E-state index is 0.393. The van der Waals surface area contributed by atoms with Gasteiger partial charge in [0.05, 0.1) is 11.1 Å². The molecule has 72 valence electrons. The summed E-state index contributed by atoms with van der Waals surface area (Å²) in [5.74, 6) is 0. The normalized spacial score (nSPS) is 12.9. The zero-order valence-electron chi connectivity index (χ0n) is 7.43. The summed E-state index contributed by atoms with van der Waals surface area (Å²) in [6.45, 7) is 2.05. The largest absolute Gasteiger partial charge is 0.388 e. The molecule has 0 aliphatic carbocycles. The zero-order valence-corrected chi connectivity index (χ0v) is 9.77. The van der Waals surface area contributed by atoms with Crippen molar-refractivity contribution in [3.63, 3.8) is 0 Å². The van der Waals surface area contributed by atoms with E-state index in [0.29, 0.717) is 5.02 Å². The van der Waals surface area contributed by atoms with Crippen LogP contribution < -0.4 is 0 Å². The molecule has 1 rings (SSSR count). The van der Waals surface area contributed by atoms with E-state index in [1.54, 1.807) is 6.07 Å². The molecule has 0 heterocycles. The molecule has 0 amide bonds. The van der Waals surface area contributed by atoms with Crippen LogP contribution in [0.25, 0.3) is 0 Å². The first-order valence-electron chi connectivity index (χ1n) is 4.28. The van der Waals surface area contributed by atoms with E-state index in [1.807, 2.05) is 19.1 Å². The molecule has 1 N–H and O–H groups in total. The summed E-state index contributed by atoms with van der Waals surface area (Å²) in [4.78, 5) is 0. The average Bonchev–Trinajstić information content (AvgIpc) is 2.10. The fourth-order valence-corrected chi connectivity index (χ4v) is 1.60. The lowest BCUT2D eigenvalue weighted by Gasteiger charge is -2.10. The lowest BCUT2D eigenvalue weighted by Crippen LogP contribution is -1.96. The molecule has 0 bridgehead atoms. The molecule has 1 unspecified atom stereocenters. The highest BCUT2D eigenvalue weighted by atomic mass is 79.9. The monoisotopic (exact) mass is 262 g/mol. The number of hydrogen-bond acceptors (Lipinski definition) is 1. The standard InChI is InChI=1S/C10H12BrClO/c1-2-3-10(13)7-4-5-8(11)9(12)6-7/h4-6,10,13H,2-3H2,1H3. The van der Waals surface area contributed by atoms with Crippen molar-refractivity contribution in [2.75, 3.05) is 0 Å². The second kappa shape index (κ2) is 4.99. The summed E-state index contributed by atoms with van der Waals surface area (Å²) in [5, 5.41) is 10.3. The summed E-state index contributed by atoms with van der Waals surface area (Å²) in [7, 11) is 0. The van der Waals surface area contributed by atoms with E-state index in [1.165, 1.54) is 0 Å². The minimum atomic E-state index is -0.393. The summed E-state index contributed by atoms with van der Waals surface area (Å²) in [6, 6.07) is 5.54. The smallest absolute Gasteiger partial charge is 0.0790 e. The Morgan fingerprint density at radius 2 is 2.23 bits per heavy atom. The first kappa shape index (κ1) is 11.0. The van der Waals surface area contributed by atoms with Gasteiger partial charge in [-0.1, -0.05) is 31.0 Å². The Hall–Kier alpha value is -0.0500. The number of halogens is 2. The SMILES string of the molecule is CCCC(O)c1ccc(Br)c(Cl)c1. The van der Waals surface area contributed by atoms with Crippen molar-refractivity contribution in [2.24, 2.45) is 0 Å². The van der Waals surface area contributed by atoms with Gasteiger partial charge in [0.25, 0.3) is 0 Å². The third-order valence-corrected chi connectivity index (χ3v) is 3.12. The molecular weight excluding hydrogens is 251 g/mol. The van der Waals surface area contributed by atoms with E-state index in [0.717, 1.165) is 22.9 Å². The van der Waals surface area contributed by atoms with Gasteiger partial charge in [0, 0.05) is 4.47 Å². The van der Waals surface area contributed by atoms with Gasteiger partial charge >= 0.3 is 0 Å². The fourth-order valence-electron chi connectivity index (χ4n) is 1.16. The number of aliphatic hydroxyl groups excluding tert-OH is 1. The fraction of sp³-hybridized carbons (Fsp3) is 0.400. The molecular formula is C10H12BrClO. The van der Waals surface area contributed by atoms with Crippen LogP contribution in [0.2, 0.25) is 5.02 Å². The molecule has 13 heavy (non-hydrogen) atoms. The van der Waals surface area contributed by atoms with Gasteiger partial charge in [-0.3, -0.25) is 0 Å². The summed E-state index contributed by atoms with van der Waals surface area (Å²) < 4.78 is 0.863. The second-order valence-electron chi connectivity index (χ2n) is 2.98. The Morgan fingerprint density at radius 1 is 1.54 bits per heavy atom. The number of rotatable bonds is 3. The molecule has 0 aromatic heterocycles. The van der Waals surface area contributed by atoms with Gasteiger partial charge in [0.1, 0.15) is 0 Å². The van der Waals surface area contributed by atoms with Crippen molar-refractivity contribution in [3.8, 4) is 0 Å². The lowest BCUT2D eigenvalue weighted by atomic mass is 10.1. The first-order valence-corrected chi connectivity index (χ1v) is 5.45. The third-order valence-electron chi connectivity index (χ3n) is 1.89. The minimum Gasteiger partial charge on any atom is -0.388 e. The van der Waals surface area contributed by atoms with Gasteiger partial charge in [-0.15, -0.1) is 0 Å². The quantitative estimate of drug-likeness (QED) is 0.876. The first-order chi connectivity index (χ1) is 6.15. The van der Waals surface area contributed by atoms with E-state index in [9.17, 15) is 5.11 Å². The van der Waals surface area contributed by atoms with Crippen LogP contribution >= 0.6 is 27.5 Å². The molecule has 0 saturated carbocycles. The summed E-state index contributed by atoms with van der Waals surface area (Å²) in [5.41, 5.74) is 0.884. The average molecular weight is 264 g/mol. The van der Waals surface area contributed by atoms with Gasteiger partial charge in [-0.2, -0.15) is 0 Å². The van der Waals surface area contributed by atoms with Gasteiger partial charge in [0.15, 0.2) is 0 Å². The highest BCUT2D eigenvalue weighted by Crippen LogP contribution is 2.27. The Bertz CT molecular complexity index is 288. The van der Waals surface area contributed by atoms with Crippen LogP contribution in [0.3, 0.4) is 0 Å². The van der Waals surface area contributed by atoms with Gasteiger partial charge in [-0.25, -0.2) is 0 Å². The molecule has 0 radical (unpaired) electrons. The van der Waals surface area contributed by atoms with Crippen LogP contribution in [-0.4, -0.2) is 5.11 Å². The molecule has 0 fully saturated rings. The Balaban J connectivity index is 2.84. The Kier molecular flexibility index (Phi) is 4.23. The second-order valence-corrected chi connectivity index (χ2v) is 4.24. The predicted octanol–water partition coefficient (Wildman–Crippen LogP) is 3.94. The molecule has 1 aromatic rings. The molecule has 0 aliphatic heterocycles. The number of aliphatic hydroxyl groups is 1. The van der Waals surface area contributed by atoms with Crippen LogP contribution in [0.1, 0.15) is 31.4 Å². The molecule has 0 spiro atoms. The van der Waals surface area contributed by atoms with E-state index in [2.05, 4.69) is 15.9 Å². The van der Waals surface area contributed by atoms with Crippen LogP contribution in [0.15, 0.2) is 22.7 Å². The van der Waals surface area contributed by atoms with Crippen LogP contribution in [0, 0.1) is 0 Å². The maximum Gasteiger partial charge on any atom is 0.0790 e. The van der Waals surface area contributed by atoms with Gasteiger partial charge in [0.2, 0.25) is 0 Å². The van der Waals surface area contributed by atoms with Gasteiger partial charge < -0.3 is 5.11 Å². The van der Waals surface area contributed by atoms with Crippen LogP contribution in [0.5, 0.6) is 0 Å². The highest BCUT2D eigenvalue weighted by Gasteiger charge is 2.07. The van der Waals surface area contributed by atoms with E-state index in [4.69, 9.17) is 11.6 Å². The number of hydrogen-bond donors (Lipinski definition) is 1. The van der Waals surface area contributed by atoms with Crippen molar-refractivity contribution in [1.82, 2.24) is 0 Å². The van der Waals surface area contributed by atoms with Crippen molar-refractivity contribution < 1.29 is 5.11 Å². The van der Waals surface area contributed by atoms with E-state index >= 15 is 0 Å². The molecule has 3 heteroatoms. The molecule has 1 atom stereocenters. The Labute approximate surface area is 91.9 Å². The summed E-state index contributed by atoms with van der Waals surface area (Å²) in [6.07, 6.45) is 1.35. The predicted molar refractivity (Wildman–Crippen MR) is 59.0 cm³/mol. The third kappa shape index (κ3) is 2.97.